The van der Waals surface area contributed by atoms with Gasteiger partial charge in [-0.2, -0.15) is 0 Å². The first-order valence-corrected chi connectivity index (χ1v) is 6.13. The molecule has 1 aromatic carbocycles. The van der Waals surface area contributed by atoms with Crippen molar-refractivity contribution < 1.29 is 10.1 Å². The van der Waals surface area contributed by atoms with Crippen LogP contribution in [0.2, 0.25) is 6.82 Å². The Bertz CT molecular complexity index is 365. The van der Waals surface area contributed by atoms with E-state index >= 15 is 0 Å². The quantitative estimate of drug-likeness (QED) is 0.546. The van der Waals surface area contributed by atoms with Gasteiger partial charge in [-0.3, -0.25) is 0 Å². The molecule has 0 radical (unpaired) electrons. The Morgan fingerprint density at radius 2 is 1.94 bits per heavy atom. The van der Waals surface area contributed by atoms with E-state index in [0.717, 1.165) is 31.6 Å². The van der Waals surface area contributed by atoms with Crippen molar-refractivity contribution in [1.82, 2.24) is 4.81 Å². The summed E-state index contributed by atoms with van der Waals surface area (Å²) in [7, 11) is -0.360. The van der Waals surface area contributed by atoms with Crippen molar-refractivity contribution in [2.24, 2.45) is 0 Å². The van der Waals surface area contributed by atoms with Gasteiger partial charge in [0.2, 0.25) is 0 Å². The molecule has 0 amide bonds. The zero-order chi connectivity index (χ0) is 12.3. The lowest BCUT2D eigenvalue weighted by molar-refractivity contribution is 0.297. The minimum Gasteiger partial charge on any atom is -0.506 e. The van der Waals surface area contributed by atoms with E-state index in [1.54, 1.807) is 12.9 Å². The largest absolute Gasteiger partial charge is 0.506 e. The molecule has 1 fully saturated rings. The minimum absolute atomic E-state index is 0.297. The van der Waals surface area contributed by atoms with Gasteiger partial charge in [-0.25, -0.2) is 0 Å². The molecule has 1 saturated heterocycles. The Morgan fingerprint density at radius 1 is 1.29 bits per heavy atom. The molecule has 1 aliphatic heterocycles. The highest BCUT2D eigenvalue weighted by atomic mass is 16.3. The topological polar surface area (TPSA) is 55.7 Å². The summed E-state index contributed by atoms with van der Waals surface area (Å²) in [5.41, 5.74) is 0.794. The number of phenols is 1. The molecule has 0 aliphatic carbocycles. The Hall–Kier alpha value is -1.20. The first-order chi connectivity index (χ1) is 8.16. The molecule has 5 heteroatoms. The standard InChI is InChI=1S/C12H19BN2O2/c1-13(17)15-8-6-10(7-9-15)14-11-4-2-3-5-12(11)16/h2-5,10,14,16-17H,6-9H2,1H3. The third-order valence-corrected chi connectivity index (χ3v) is 3.32. The van der Waals surface area contributed by atoms with Gasteiger partial charge in [0.1, 0.15) is 5.75 Å². The van der Waals surface area contributed by atoms with Crippen LogP contribution in [0.25, 0.3) is 0 Å². The molecule has 0 unspecified atom stereocenters. The maximum atomic E-state index is 9.67. The molecule has 92 valence electrons. The van der Waals surface area contributed by atoms with E-state index in [2.05, 4.69) is 10.1 Å². The first kappa shape index (κ1) is 12.3. The highest BCUT2D eigenvalue weighted by molar-refractivity contribution is 6.45. The fraction of sp³-hybridized carbons (Fsp3) is 0.500. The number of piperidine rings is 1. The second-order valence-corrected chi connectivity index (χ2v) is 4.60. The van der Waals surface area contributed by atoms with Crippen LogP contribution in [0, 0.1) is 0 Å². The summed E-state index contributed by atoms with van der Waals surface area (Å²) in [6.07, 6.45) is 1.97. The van der Waals surface area contributed by atoms with Gasteiger partial charge in [-0.05, 0) is 44.9 Å². The average molecular weight is 234 g/mol. The van der Waals surface area contributed by atoms with Crippen molar-refractivity contribution >= 4 is 12.7 Å². The van der Waals surface area contributed by atoms with E-state index in [1.807, 2.05) is 18.2 Å². The van der Waals surface area contributed by atoms with Gasteiger partial charge in [0.25, 0.3) is 0 Å². The molecule has 0 bridgehead atoms. The second kappa shape index (κ2) is 5.43. The van der Waals surface area contributed by atoms with Crippen LogP contribution in [0.5, 0.6) is 5.75 Å². The number of rotatable bonds is 3. The minimum atomic E-state index is -0.360. The van der Waals surface area contributed by atoms with Gasteiger partial charge in [-0.1, -0.05) is 12.1 Å². The van der Waals surface area contributed by atoms with Crippen molar-refractivity contribution in [2.75, 3.05) is 18.4 Å². The fourth-order valence-corrected chi connectivity index (χ4v) is 2.23. The smallest absolute Gasteiger partial charge is 0.376 e. The Morgan fingerprint density at radius 3 is 2.53 bits per heavy atom. The Balaban J connectivity index is 1.88. The van der Waals surface area contributed by atoms with Gasteiger partial charge >= 0.3 is 7.05 Å². The molecule has 2 rings (SSSR count). The van der Waals surface area contributed by atoms with Gasteiger partial charge in [0, 0.05) is 6.04 Å². The monoisotopic (exact) mass is 234 g/mol. The first-order valence-electron chi connectivity index (χ1n) is 6.13. The van der Waals surface area contributed by atoms with Crippen molar-refractivity contribution in [3.05, 3.63) is 24.3 Å². The number of benzene rings is 1. The summed E-state index contributed by atoms with van der Waals surface area (Å²) in [5.74, 6) is 0.297. The number of anilines is 1. The van der Waals surface area contributed by atoms with E-state index in [0.29, 0.717) is 11.8 Å². The van der Waals surface area contributed by atoms with Crippen molar-refractivity contribution in [3.63, 3.8) is 0 Å². The second-order valence-electron chi connectivity index (χ2n) is 4.60. The number of phenolic OH excluding ortho intramolecular Hbond substituents is 1. The van der Waals surface area contributed by atoms with Crippen LogP contribution < -0.4 is 5.32 Å². The van der Waals surface area contributed by atoms with Gasteiger partial charge in [0.05, 0.1) is 5.69 Å². The third kappa shape index (κ3) is 3.14. The number of nitrogens with one attached hydrogen (secondary N) is 1. The average Bonchev–Trinajstić information content (AvgIpc) is 2.33. The number of hydrogen-bond donors (Lipinski definition) is 3. The highest BCUT2D eigenvalue weighted by Gasteiger charge is 2.23. The van der Waals surface area contributed by atoms with E-state index in [-0.39, 0.29) is 7.05 Å². The fourth-order valence-electron chi connectivity index (χ4n) is 2.23. The summed E-state index contributed by atoms with van der Waals surface area (Å²) in [4.78, 5) is 2.06. The lowest BCUT2D eigenvalue weighted by Gasteiger charge is -2.33. The summed E-state index contributed by atoms with van der Waals surface area (Å²) < 4.78 is 0. The van der Waals surface area contributed by atoms with Crippen LogP contribution in [0.1, 0.15) is 12.8 Å². The van der Waals surface area contributed by atoms with Crippen LogP contribution >= 0.6 is 0 Å². The molecule has 4 nitrogen and oxygen atoms in total. The molecule has 0 aromatic heterocycles. The number of nitrogens with zero attached hydrogens (tertiary/aromatic N) is 1. The van der Waals surface area contributed by atoms with Crippen molar-refractivity contribution in [3.8, 4) is 5.75 Å². The van der Waals surface area contributed by atoms with E-state index in [4.69, 9.17) is 0 Å². The van der Waals surface area contributed by atoms with Crippen molar-refractivity contribution in [2.45, 2.75) is 25.7 Å². The molecule has 0 spiro atoms. The van der Waals surface area contributed by atoms with Gasteiger partial charge < -0.3 is 20.3 Å². The molecule has 0 saturated carbocycles. The highest BCUT2D eigenvalue weighted by Crippen LogP contribution is 2.24. The molecular weight excluding hydrogens is 215 g/mol. The van der Waals surface area contributed by atoms with Crippen LogP contribution in [0.4, 0.5) is 5.69 Å². The number of hydrogen-bond acceptors (Lipinski definition) is 4. The number of para-hydroxylation sites is 2. The van der Waals surface area contributed by atoms with Crippen LogP contribution in [-0.4, -0.2) is 41.1 Å². The lowest BCUT2D eigenvalue weighted by atomic mass is 9.82. The maximum Gasteiger partial charge on any atom is 0.376 e. The number of aromatic hydroxyl groups is 1. The predicted molar refractivity (Wildman–Crippen MR) is 70.2 cm³/mol. The molecule has 1 heterocycles. The molecular formula is C12H19BN2O2. The van der Waals surface area contributed by atoms with Crippen LogP contribution in [0.15, 0.2) is 24.3 Å². The summed E-state index contributed by atoms with van der Waals surface area (Å²) in [5, 5.41) is 22.5. The maximum absolute atomic E-state index is 9.67. The van der Waals surface area contributed by atoms with Gasteiger partial charge in [0.15, 0.2) is 0 Å². The molecule has 3 N–H and O–H groups in total. The van der Waals surface area contributed by atoms with Crippen LogP contribution in [0.3, 0.4) is 0 Å². The zero-order valence-corrected chi connectivity index (χ0v) is 10.1. The molecule has 0 atom stereocenters. The van der Waals surface area contributed by atoms with E-state index in [9.17, 15) is 10.1 Å². The third-order valence-electron chi connectivity index (χ3n) is 3.32. The summed E-state index contributed by atoms with van der Waals surface area (Å²) in [6, 6.07) is 7.67. The molecule has 17 heavy (non-hydrogen) atoms. The Kier molecular flexibility index (Phi) is 3.91. The Labute approximate surface area is 102 Å². The van der Waals surface area contributed by atoms with Crippen LogP contribution in [-0.2, 0) is 0 Å². The predicted octanol–water partition coefficient (Wildman–Crippen LogP) is 1.38. The van der Waals surface area contributed by atoms with E-state index in [1.165, 1.54) is 0 Å². The summed E-state index contributed by atoms with van der Waals surface area (Å²) >= 11 is 0. The zero-order valence-electron chi connectivity index (χ0n) is 10.1. The summed E-state index contributed by atoms with van der Waals surface area (Å²) in [6.45, 7) is 3.59. The van der Waals surface area contributed by atoms with Gasteiger partial charge in [-0.15, -0.1) is 0 Å². The van der Waals surface area contributed by atoms with E-state index < -0.39 is 0 Å². The molecule has 1 aromatic rings. The normalized spacial score (nSPS) is 18.0. The lowest BCUT2D eigenvalue weighted by Crippen LogP contribution is -2.45. The molecule has 1 aliphatic rings. The SMILES string of the molecule is CB(O)N1CCC(Nc2ccccc2O)CC1. The van der Waals surface area contributed by atoms with Crippen molar-refractivity contribution in [1.29, 1.82) is 0 Å².